The first-order valence-electron chi connectivity index (χ1n) is 5.60. The molecule has 17 heavy (non-hydrogen) atoms. The lowest BCUT2D eigenvalue weighted by Gasteiger charge is -2.05. The number of nitrogens with one attached hydrogen (secondary N) is 1. The fourth-order valence-electron chi connectivity index (χ4n) is 1.81. The van der Waals surface area contributed by atoms with Crippen molar-refractivity contribution >= 4 is 0 Å². The minimum atomic E-state index is -0.194. The van der Waals surface area contributed by atoms with Crippen LogP contribution in [0.2, 0.25) is 0 Å². The highest BCUT2D eigenvalue weighted by molar-refractivity contribution is 5.16. The molecule has 90 valence electrons. The molecule has 0 aliphatic rings. The summed E-state index contributed by atoms with van der Waals surface area (Å²) in [4.78, 5) is 0. The molecule has 0 amide bonds. The fraction of sp³-hybridized carbons (Fsp3) is 0.308. The summed E-state index contributed by atoms with van der Waals surface area (Å²) in [6.07, 6.45) is 0. The maximum Gasteiger partial charge on any atom is 0.123 e. The average Bonchev–Trinajstić information content (AvgIpc) is 2.58. The van der Waals surface area contributed by atoms with Crippen molar-refractivity contribution in [3.05, 3.63) is 53.1 Å². The van der Waals surface area contributed by atoms with E-state index in [1.165, 1.54) is 6.07 Å². The molecule has 0 radical (unpaired) electrons. The fourth-order valence-corrected chi connectivity index (χ4v) is 1.81. The second-order valence-corrected chi connectivity index (χ2v) is 4.13. The van der Waals surface area contributed by atoms with Gasteiger partial charge in [-0.05, 0) is 30.7 Å². The number of halogens is 1. The van der Waals surface area contributed by atoms with E-state index in [4.69, 9.17) is 0 Å². The zero-order valence-electron chi connectivity index (χ0n) is 10.1. The van der Waals surface area contributed by atoms with Crippen molar-refractivity contribution in [2.75, 3.05) is 0 Å². The van der Waals surface area contributed by atoms with E-state index in [0.29, 0.717) is 6.54 Å². The summed E-state index contributed by atoms with van der Waals surface area (Å²) in [7, 11) is 1.92. The Morgan fingerprint density at radius 1 is 1.29 bits per heavy atom. The summed E-state index contributed by atoms with van der Waals surface area (Å²) in [5, 5.41) is 7.54. The Morgan fingerprint density at radius 3 is 2.76 bits per heavy atom. The SMILES string of the molecule is Cc1cc(CNCc2cccc(F)c2)n(C)n1. The zero-order valence-corrected chi connectivity index (χ0v) is 10.1. The molecule has 0 bridgehead atoms. The first-order chi connectivity index (χ1) is 8.15. The summed E-state index contributed by atoms with van der Waals surface area (Å²) < 4.78 is 14.8. The first-order valence-corrected chi connectivity index (χ1v) is 5.60. The second-order valence-electron chi connectivity index (χ2n) is 4.13. The normalized spacial score (nSPS) is 10.8. The monoisotopic (exact) mass is 233 g/mol. The number of nitrogens with zero attached hydrogens (tertiary/aromatic N) is 2. The van der Waals surface area contributed by atoms with Gasteiger partial charge in [0.15, 0.2) is 0 Å². The Bertz CT molecular complexity index is 505. The number of hydrogen-bond acceptors (Lipinski definition) is 2. The van der Waals surface area contributed by atoms with Crippen LogP contribution in [-0.4, -0.2) is 9.78 Å². The van der Waals surface area contributed by atoms with Gasteiger partial charge in [-0.2, -0.15) is 5.10 Å². The van der Waals surface area contributed by atoms with Crippen molar-refractivity contribution in [2.24, 2.45) is 7.05 Å². The minimum Gasteiger partial charge on any atom is -0.307 e. The summed E-state index contributed by atoms with van der Waals surface area (Å²) >= 11 is 0. The molecule has 0 fully saturated rings. The Labute approximate surface area is 100 Å². The third-order valence-electron chi connectivity index (χ3n) is 2.62. The van der Waals surface area contributed by atoms with Crippen LogP contribution >= 0.6 is 0 Å². The smallest absolute Gasteiger partial charge is 0.123 e. The van der Waals surface area contributed by atoms with Gasteiger partial charge in [0, 0.05) is 20.1 Å². The van der Waals surface area contributed by atoms with E-state index in [2.05, 4.69) is 10.4 Å². The Kier molecular flexibility index (Phi) is 3.54. The molecular weight excluding hydrogens is 217 g/mol. The van der Waals surface area contributed by atoms with E-state index in [-0.39, 0.29) is 5.82 Å². The Morgan fingerprint density at radius 2 is 2.12 bits per heavy atom. The van der Waals surface area contributed by atoms with Gasteiger partial charge in [-0.1, -0.05) is 12.1 Å². The van der Waals surface area contributed by atoms with Gasteiger partial charge in [0.1, 0.15) is 5.82 Å². The van der Waals surface area contributed by atoms with Crippen molar-refractivity contribution < 1.29 is 4.39 Å². The maximum absolute atomic E-state index is 12.9. The molecule has 0 aliphatic carbocycles. The van der Waals surface area contributed by atoms with Gasteiger partial charge in [0.25, 0.3) is 0 Å². The van der Waals surface area contributed by atoms with Crippen LogP contribution in [0.5, 0.6) is 0 Å². The zero-order chi connectivity index (χ0) is 12.3. The summed E-state index contributed by atoms with van der Waals surface area (Å²) in [6.45, 7) is 3.35. The van der Waals surface area contributed by atoms with Crippen LogP contribution in [0.4, 0.5) is 4.39 Å². The molecule has 0 saturated carbocycles. The maximum atomic E-state index is 12.9. The van der Waals surface area contributed by atoms with Gasteiger partial charge in [-0.15, -0.1) is 0 Å². The highest BCUT2D eigenvalue weighted by Gasteiger charge is 2.01. The quantitative estimate of drug-likeness (QED) is 0.877. The van der Waals surface area contributed by atoms with E-state index in [1.54, 1.807) is 12.1 Å². The third-order valence-corrected chi connectivity index (χ3v) is 2.62. The van der Waals surface area contributed by atoms with Gasteiger partial charge >= 0.3 is 0 Å². The van der Waals surface area contributed by atoms with E-state index in [9.17, 15) is 4.39 Å². The van der Waals surface area contributed by atoms with Crippen molar-refractivity contribution in [3.8, 4) is 0 Å². The second kappa shape index (κ2) is 5.10. The lowest BCUT2D eigenvalue weighted by atomic mass is 10.2. The van der Waals surface area contributed by atoms with Gasteiger partial charge in [0.2, 0.25) is 0 Å². The van der Waals surface area contributed by atoms with E-state index < -0.39 is 0 Å². The number of hydrogen-bond donors (Lipinski definition) is 1. The molecule has 2 rings (SSSR count). The van der Waals surface area contributed by atoms with Crippen LogP contribution in [0, 0.1) is 12.7 Å². The molecule has 0 saturated heterocycles. The molecule has 3 nitrogen and oxygen atoms in total. The first kappa shape index (κ1) is 11.8. The van der Waals surface area contributed by atoms with Crippen LogP contribution in [-0.2, 0) is 20.1 Å². The predicted octanol–water partition coefficient (Wildman–Crippen LogP) is 2.16. The molecule has 1 heterocycles. The molecular formula is C13H16FN3. The molecule has 1 aromatic carbocycles. The van der Waals surface area contributed by atoms with Crippen LogP contribution in [0.3, 0.4) is 0 Å². The average molecular weight is 233 g/mol. The van der Waals surface area contributed by atoms with E-state index in [0.717, 1.165) is 23.5 Å². The number of benzene rings is 1. The largest absolute Gasteiger partial charge is 0.307 e. The number of aromatic nitrogens is 2. The van der Waals surface area contributed by atoms with Crippen molar-refractivity contribution in [1.82, 2.24) is 15.1 Å². The lowest BCUT2D eigenvalue weighted by molar-refractivity contribution is 0.609. The van der Waals surface area contributed by atoms with Gasteiger partial charge in [-0.25, -0.2) is 4.39 Å². The minimum absolute atomic E-state index is 0.194. The molecule has 4 heteroatoms. The molecule has 0 unspecified atom stereocenters. The summed E-state index contributed by atoms with van der Waals surface area (Å²) in [5.41, 5.74) is 3.08. The Balaban J connectivity index is 1.89. The standard InChI is InChI=1S/C13H16FN3/c1-10-6-13(17(2)16-10)9-15-8-11-4-3-5-12(14)7-11/h3-7,15H,8-9H2,1-2H3. The number of rotatable bonds is 4. The van der Waals surface area contributed by atoms with E-state index >= 15 is 0 Å². The molecule has 0 atom stereocenters. The van der Waals surface area contributed by atoms with Crippen molar-refractivity contribution in [1.29, 1.82) is 0 Å². The molecule has 2 aromatic rings. The summed E-state index contributed by atoms with van der Waals surface area (Å²) in [6, 6.07) is 8.67. The third kappa shape index (κ3) is 3.14. The van der Waals surface area contributed by atoms with E-state index in [1.807, 2.05) is 30.8 Å². The predicted molar refractivity (Wildman–Crippen MR) is 64.9 cm³/mol. The van der Waals surface area contributed by atoms with Crippen molar-refractivity contribution in [3.63, 3.8) is 0 Å². The summed E-state index contributed by atoms with van der Waals surface area (Å²) in [5.74, 6) is -0.194. The molecule has 1 N–H and O–H groups in total. The highest BCUT2D eigenvalue weighted by Crippen LogP contribution is 2.04. The van der Waals surface area contributed by atoms with Crippen LogP contribution in [0.15, 0.2) is 30.3 Å². The van der Waals surface area contributed by atoms with Crippen LogP contribution in [0.25, 0.3) is 0 Å². The molecule has 0 aliphatic heterocycles. The number of aryl methyl sites for hydroxylation is 2. The molecule has 1 aromatic heterocycles. The Hall–Kier alpha value is -1.68. The van der Waals surface area contributed by atoms with Crippen LogP contribution in [0.1, 0.15) is 17.0 Å². The van der Waals surface area contributed by atoms with Gasteiger partial charge in [-0.3, -0.25) is 4.68 Å². The van der Waals surface area contributed by atoms with Crippen molar-refractivity contribution in [2.45, 2.75) is 20.0 Å². The topological polar surface area (TPSA) is 29.9 Å². The highest BCUT2D eigenvalue weighted by atomic mass is 19.1. The lowest BCUT2D eigenvalue weighted by Crippen LogP contribution is -2.15. The van der Waals surface area contributed by atoms with Gasteiger partial charge < -0.3 is 5.32 Å². The van der Waals surface area contributed by atoms with Crippen LogP contribution < -0.4 is 5.32 Å². The van der Waals surface area contributed by atoms with Gasteiger partial charge in [0.05, 0.1) is 11.4 Å². The molecule has 0 spiro atoms.